The van der Waals surface area contributed by atoms with Crippen molar-refractivity contribution in [3.8, 4) is 0 Å². The molecular formula is C15H21NO2. The Balaban J connectivity index is 1.60. The molecule has 1 saturated heterocycles. The van der Waals surface area contributed by atoms with E-state index in [0.29, 0.717) is 6.04 Å². The highest BCUT2D eigenvalue weighted by atomic mass is 16.6. The first kappa shape index (κ1) is 12.2. The molecule has 0 bridgehead atoms. The van der Waals surface area contributed by atoms with Crippen LogP contribution in [0, 0.1) is 0 Å². The monoisotopic (exact) mass is 247 g/mol. The second kappa shape index (κ2) is 5.83. The normalized spacial score (nSPS) is 27.8. The lowest BCUT2D eigenvalue weighted by atomic mass is 9.88. The summed E-state index contributed by atoms with van der Waals surface area (Å²) < 4.78 is 11.1. The predicted molar refractivity (Wildman–Crippen MR) is 70.7 cm³/mol. The van der Waals surface area contributed by atoms with Crippen molar-refractivity contribution < 1.29 is 9.47 Å². The molecule has 0 radical (unpaired) electrons. The molecule has 0 amide bonds. The van der Waals surface area contributed by atoms with E-state index in [1.807, 2.05) is 0 Å². The molecule has 1 aliphatic heterocycles. The van der Waals surface area contributed by atoms with Crippen LogP contribution in [0.15, 0.2) is 24.3 Å². The van der Waals surface area contributed by atoms with Crippen molar-refractivity contribution in [2.24, 2.45) is 0 Å². The Bertz CT molecular complexity index is 388. The average molecular weight is 247 g/mol. The zero-order valence-electron chi connectivity index (χ0n) is 10.7. The van der Waals surface area contributed by atoms with E-state index in [1.165, 1.54) is 30.4 Å². The summed E-state index contributed by atoms with van der Waals surface area (Å²) in [4.78, 5) is 0. The van der Waals surface area contributed by atoms with E-state index < -0.39 is 0 Å². The zero-order chi connectivity index (χ0) is 12.2. The van der Waals surface area contributed by atoms with Crippen LogP contribution < -0.4 is 5.32 Å². The first-order chi connectivity index (χ1) is 8.93. The van der Waals surface area contributed by atoms with E-state index in [1.54, 1.807) is 0 Å². The molecule has 1 aromatic rings. The van der Waals surface area contributed by atoms with Gasteiger partial charge in [0.25, 0.3) is 0 Å². The highest BCUT2D eigenvalue weighted by molar-refractivity contribution is 5.32. The summed E-state index contributed by atoms with van der Waals surface area (Å²) in [7, 11) is 0. The van der Waals surface area contributed by atoms with Crippen LogP contribution in [0.1, 0.15) is 30.0 Å². The van der Waals surface area contributed by atoms with Gasteiger partial charge < -0.3 is 14.8 Å². The molecule has 3 nitrogen and oxygen atoms in total. The molecule has 2 aliphatic rings. The van der Waals surface area contributed by atoms with Gasteiger partial charge in [-0.25, -0.2) is 0 Å². The molecule has 98 valence electrons. The van der Waals surface area contributed by atoms with Gasteiger partial charge in [-0.15, -0.1) is 0 Å². The predicted octanol–water partition coefficient (Wildman–Crippen LogP) is 2.07. The van der Waals surface area contributed by atoms with E-state index >= 15 is 0 Å². The van der Waals surface area contributed by atoms with Gasteiger partial charge in [-0.1, -0.05) is 24.3 Å². The van der Waals surface area contributed by atoms with Gasteiger partial charge in [0.2, 0.25) is 0 Å². The third-order valence-electron chi connectivity index (χ3n) is 3.85. The fourth-order valence-corrected chi connectivity index (χ4v) is 2.89. The fraction of sp³-hybridized carbons (Fsp3) is 0.600. The smallest absolute Gasteiger partial charge is 0.0933 e. The van der Waals surface area contributed by atoms with Crippen LogP contribution in [0.5, 0.6) is 0 Å². The number of hydrogen-bond donors (Lipinski definition) is 1. The van der Waals surface area contributed by atoms with E-state index in [9.17, 15) is 0 Å². The van der Waals surface area contributed by atoms with Crippen molar-refractivity contribution in [3.05, 3.63) is 35.4 Å². The SMILES string of the molecule is c1ccc2c(c1)CCCC2NCC1COCCO1. The lowest BCUT2D eigenvalue weighted by Gasteiger charge is -2.29. The molecule has 1 heterocycles. The number of ether oxygens (including phenoxy) is 2. The topological polar surface area (TPSA) is 30.5 Å². The van der Waals surface area contributed by atoms with Crippen LogP contribution >= 0.6 is 0 Å². The summed E-state index contributed by atoms with van der Waals surface area (Å²) in [5.74, 6) is 0. The number of hydrogen-bond acceptors (Lipinski definition) is 3. The highest BCUT2D eigenvalue weighted by Gasteiger charge is 2.21. The Morgan fingerprint density at radius 3 is 3.06 bits per heavy atom. The minimum atomic E-state index is 0.216. The maximum atomic E-state index is 5.67. The molecule has 2 unspecified atom stereocenters. The van der Waals surface area contributed by atoms with E-state index in [-0.39, 0.29) is 6.10 Å². The van der Waals surface area contributed by atoms with Crippen LogP contribution in [-0.2, 0) is 15.9 Å². The molecule has 1 fully saturated rings. The van der Waals surface area contributed by atoms with Crippen molar-refractivity contribution in [1.29, 1.82) is 0 Å². The fourth-order valence-electron chi connectivity index (χ4n) is 2.89. The Kier molecular flexibility index (Phi) is 3.93. The minimum absolute atomic E-state index is 0.216. The molecule has 0 spiro atoms. The van der Waals surface area contributed by atoms with Gasteiger partial charge in [0.05, 0.1) is 25.9 Å². The second-order valence-corrected chi connectivity index (χ2v) is 5.12. The molecule has 1 aromatic carbocycles. The van der Waals surface area contributed by atoms with Gasteiger partial charge in [-0.2, -0.15) is 0 Å². The zero-order valence-corrected chi connectivity index (χ0v) is 10.7. The lowest BCUT2D eigenvalue weighted by Crippen LogP contribution is -2.39. The molecule has 3 heteroatoms. The standard InChI is InChI=1S/C15H21NO2/c1-2-6-14-12(4-1)5-3-7-15(14)16-10-13-11-17-8-9-18-13/h1-2,4,6,13,15-16H,3,5,7-11H2. The Morgan fingerprint density at radius 2 is 2.17 bits per heavy atom. The Hall–Kier alpha value is -0.900. The van der Waals surface area contributed by atoms with Crippen molar-refractivity contribution in [1.82, 2.24) is 5.32 Å². The number of benzene rings is 1. The molecular weight excluding hydrogens is 226 g/mol. The highest BCUT2D eigenvalue weighted by Crippen LogP contribution is 2.29. The maximum absolute atomic E-state index is 5.67. The van der Waals surface area contributed by atoms with Crippen LogP contribution in [0.4, 0.5) is 0 Å². The Labute approximate surface area is 108 Å². The second-order valence-electron chi connectivity index (χ2n) is 5.12. The summed E-state index contributed by atoms with van der Waals surface area (Å²) in [6.07, 6.45) is 3.94. The molecule has 0 saturated carbocycles. The maximum Gasteiger partial charge on any atom is 0.0933 e. The molecule has 1 N–H and O–H groups in total. The lowest BCUT2D eigenvalue weighted by molar-refractivity contribution is -0.0872. The van der Waals surface area contributed by atoms with Crippen molar-refractivity contribution in [2.45, 2.75) is 31.4 Å². The number of rotatable bonds is 3. The largest absolute Gasteiger partial charge is 0.376 e. The number of nitrogens with one attached hydrogen (secondary N) is 1. The van der Waals surface area contributed by atoms with Crippen LogP contribution in [-0.4, -0.2) is 32.5 Å². The first-order valence-electron chi connectivity index (χ1n) is 6.94. The van der Waals surface area contributed by atoms with Crippen LogP contribution in [0.3, 0.4) is 0 Å². The summed E-state index contributed by atoms with van der Waals surface area (Å²) in [5, 5.41) is 3.64. The summed E-state index contributed by atoms with van der Waals surface area (Å²) in [6.45, 7) is 3.08. The van der Waals surface area contributed by atoms with Gasteiger partial charge >= 0.3 is 0 Å². The summed E-state index contributed by atoms with van der Waals surface area (Å²) >= 11 is 0. The van der Waals surface area contributed by atoms with Gasteiger partial charge in [0.1, 0.15) is 0 Å². The van der Waals surface area contributed by atoms with Crippen molar-refractivity contribution in [3.63, 3.8) is 0 Å². The number of aryl methyl sites for hydroxylation is 1. The molecule has 1 aliphatic carbocycles. The third-order valence-corrected chi connectivity index (χ3v) is 3.85. The van der Waals surface area contributed by atoms with Gasteiger partial charge in [0, 0.05) is 12.6 Å². The van der Waals surface area contributed by atoms with Crippen LogP contribution in [0.2, 0.25) is 0 Å². The third kappa shape index (κ3) is 2.74. The van der Waals surface area contributed by atoms with Crippen molar-refractivity contribution >= 4 is 0 Å². The summed E-state index contributed by atoms with van der Waals surface area (Å²) in [5.41, 5.74) is 2.97. The number of fused-ring (bicyclic) bond motifs is 1. The van der Waals surface area contributed by atoms with E-state index in [2.05, 4.69) is 29.6 Å². The molecule has 0 aromatic heterocycles. The molecule has 18 heavy (non-hydrogen) atoms. The first-order valence-corrected chi connectivity index (χ1v) is 6.94. The van der Waals surface area contributed by atoms with Crippen LogP contribution in [0.25, 0.3) is 0 Å². The minimum Gasteiger partial charge on any atom is -0.376 e. The summed E-state index contributed by atoms with van der Waals surface area (Å²) in [6, 6.07) is 9.27. The van der Waals surface area contributed by atoms with Gasteiger partial charge in [-0.05, 0) is 30.4 Å². The quantitative estimate of drug-likeness (QED) is 0.887. The molecule has 2 atom stereocenters. The Morgan fingerprint density at radius 1 is 1.22 bits per heavy atom. The van der Waals surface area contributed by atoms with E-state index in [0.717, 1.165) is 26.4 Å². The van der Waals surface area contributed by atoms with Crippen molar-refractivity contribution in [2.75, 3.05) is 26.4 Å². The molecule has 3 rings (SSSR count). The van der Waals surface area contributed by atoms with Gasteiger partial charge in [0.15, 0.2) is 0 Å². The average Bonchev–Trinajstić information content (AvgIpc) is 2.46. The van der Waals surface area contributed by atoms with Gasteiger partial charge in [-0.3, -0.25) is 0 Å². The van der Waals surface area contributed by atoms with E-state index in [4.69, 9.17) is 9.47 Å².